The van der Waals surface area contributed by atoms with Crippen LogP contribution in [0.4, 0.5) is 0 Å². The number of ketones is 1. The van der Waals surface area contributed by atoms with E-state index in [1.165, 1.54) is 7.11 Å². The maximum atomic E-state index is 13.2. The molecule has 2 aromatic carbocycles. The molecule has 1 N–H and O–H groups in total. The number of morpholine rings is 1. The highest BCUT2D eigenvalue weighted by molar-refractivity contribution is 6.46. The Hall–Kier alpha value is -3.36. The van der Waals surface area contributed by atoms with Gasteiger partial charge in [-0.15, -0.1) is 0 Å². The van der Waals surface area contributed by atoms with Crippen LogP contribution >= 0.6 is 0 Å². The van der Waals surface area contributed by atoms with Crippen molar-refractivity contribution in [3.8, 4) is 11.5 Å². The number of rotatable bonds is 8. The van der Waals surface area contributed by atoms with Gasteiger partial charge in [0.05, 0.1) is 38.5 Å². The number of hydrogen-bond acceptors (Lipinski definition) is 7. The number of aliphatic hydroxyl groups excluding tert-OH is 1. The molecular weight excluding hydrogens is 436 g/mol. The molecule has 0 saturated carbocycles. The first-order valence-corrected chi connectivity index (χ1v) is 11.5. The van der Waals surface area contributed by atoms with Crippen molar-refractivity contribution in [1.82, 2.24) is 9.80 Å². The minimum absolute atomic E-state index is 0.0735. The Balaban J connectivity index is 1.73. The van der Waals surface area contributed by atoms with E-state index in [-0.39, 0.29) is 11.3 Å². The van der Waals surface area contributed by atoms with E-state index in [0.717, 1.165) is 18.7 Å². The van der Waals surface area contributed by atoms with Crippen molar-refractivity contribution in [3.63, 3.8) is 0 Å². The first-order chi connectivity index (χ1) is 16.5. The van der Waals surface area contributed by atoms with Crippen LogP contribution in [0.25, 0.3) is 5.76 Å². The number of likely N-dealkylation sites (tertiary alicyclic amines) is 1. The van der Waals surface area contributed by atoms with E-state index < -0.39 is 17.7 Å². The molecule has 2 heterocycles. The first kappa shape index (κ1) is 23.8. The van der Waals surface area contributed by atoms with Gasteiger partial charge in [0.1, 0.15) is 17.3 Å². The van der Waals surface area contributed by atoms with Gasteiger partial charge in [0.15, 0.2) is 0 Å². The van der Waals surface area contributed by atoms with Crippen LogP contribution in [0.3, 0.4) is 0 Å². The number of Topliss-reactive ketones (excluding diaryl/α,β-unsaturated/α-hetero) is 1. The summed E-state index contributed by atoms with van der Waals surface area (Å²) in [7, 11) is 1.53. The van der Waals surface area contributed by atoms with E-state index in [0.29, 0.717) is 50.0 Å². The molecule has 8 heteroatoms. The van der Waals surface area contributed by atoms with E-state index in [2.05, 4.69) is 4.90 Å². The van der Waals surface area contributed by atoms with Crippen molar-refractivity contribution in [2.24, 2.45) is 0 Å². The van der Waals surface area contributed by atoms with E-state index in [4.69, 9.17) is 14.2 Å². The zero-order valence-corrected chi connectivity index (χ0v) is 19.5. The average Bonchev–Trinajstić information content (AvgIpc) is 3.13. The van der Waals surface area contributed by atoms with Gasteiger partial charge in [0, 0.05) is 31.7 Å². The number of nitrogens with zero attached hydrogens (tertiary/aromatic N) is 2. The average molecular weight is 467 g/mol. The Labute approximate surface area is 199 Å². The molecule has 0 aromatic heterocycles. The van der Waals surface area contributed by atoms with Gasteiger partial charge in [-0.05, 0) is 36.8 Å². The molecule has 4 rings (SSSR count). The minimum Gasteiger partial charge on any atom is -0.507 e. The van der Waals surface area contributed by atoms with Gasteiger partial charge in [-0.1, -0.05) is 24.3 Å². The number of carbonyl (C=O) groups excluding carboxylic acids is 2. The molecule has 2 fully saturated rings. The number of aliphatic hydroxyl groups is 1. The van der Waals surface area contributed by atoms with Crippen LogP contribution in [0.1, 0.15) is 24.1 Å². The largest absolute Gasteiger partial charge is 0.507 e. The summed E-state index contributed by atoms with van der Waals surface area (Å²) in [4.78, 5) is 30.1. The molecule has 0 radical (unpaired) electrons. The minimum atomic E-state index is -0.706. The third kappa shape index (κ3) is 4.93. The fraction of sp³-hybridized carbons (Fsp3) is 0.385. The van der Waals surface area contributed by atoms with Gasteiger partial charge in [-0.2, -0.15) is 0 Å². The third-order valence-corrected chi connectivity index (χ3v) is 6.15. The smallest absolute Gasteiger partial charge is 0.295 e. The third-order valence-electron chi connectivity index (χ3n) is 6.15. The maximum absolute atomic E-state index is 13.2. The lowest BCUT2D eigenvalue weighted by atomic mass is 9.95. The molecular formula is C26H30N2O6. The quantitative estimate of drug-likeness (QED) is 0.364. The van der Waals surface area contributed by atoms with E-state index in [1.807, 2.05) is 31.2 Å². The van der Waals surface area contributed by atoms with Crippen LogP contribution in [0.2, 0.25) is 0 Å². The second-order valence-electron chi connectivity index (χ2n) is 8.18. The Morgan fingerprint density at radius 1 is 1.06 bits per heavy atom. The fourth-order valence-electron chi connectivity index (χ4n) is 4.37. The summed E-state index contributed by atoms with van der Waals surface area (Å²) in [5, 5.41) is 11.2. The number of amides is 1. The number of carbonyl (C=O) groups is 2. The van der Waals surface area contributed by atoms with Crippen LogP contribution in [-0.4, -0.2) is 79.7 Å². The van der Waals surface area contributed by atoms with Crippen LogP contribution in [-0.2, 0) is 14.3 Å². The molecule has 8 nitrogen and oxygen atoms in total. The van der Waals surface area contributed by atoms with Crippen molar-refractivity contribution < 1.29 is 28.9 Å². The number of hydrogen-bond donors (Lipinski definition) is 1. The molecule has 2 aromatic rings. The lowest BCUT2D eigenvalue weighted by molar-refractivity contribution is -0.140. The molecule has 0 spiro atoms. The molecule has 0 bridgehead atoms. The zero-order valence-electron chi connectivity index (χ0n) is 19.5. The lowest BCUT2D eigenvalue weighted by Gasteiger charge is -2.31. The zero-order chi connectivity index (χ0) is 24.1. The predicted molar refractivity (Wildman–Crippen MR) is 127 cm³/mol. The van der Waals surface area contributed by atoms with E-state index in [1.54, 1.807) is 29.2 Å². The lowest BCUT2D eigenvalue weighted by Crippen LogP contribution is -2.42. The van der Waals surface area contributed by atoms with Crippen molar-refractivity contribution in [2.75, 3.05) is 53.1 Å². The summed E-state index contributed by atoms with van der Waals surface area (Å²) in [6, 6.07) is 13.4. The standard InChI is InChI=1S/C26H30N2O6/c1-3-34-20-9-7-18(8-10-20)23-22(24(29)19-5-4-6-21(17-19)32-2)25(30)26(31)28(23)12-11-27-13-15-33-16-14-27/h4-10,17,23,29H,3,11-16H2,1-2H3/b24-22+. The molecule has 1 unspecified atom stereocenters. The van der Waals surface area contributed by atoms with Crippen LogP contribution in [0.15, 0.2) is 54.1 Å². The summed E-state index contributed by atoms with van der Waals surface area (Å²) in [5.74, 6) is -0.282. The number of methoxy groups -OCH3 is 1. The first-order valence-electron chi connectivity index (χ1n) is 11.5. The second kappa shape index (κ2) is 10.7. The number of ether oxygens (including phenoxy) is 3. The van der Waals surface area contributed by atoms with E-state index in [9.17, 15) is 14.7 Å². The highest BCUT2D eigenvalue weighted by Gasteiger charge is 2.46. The maximum Gasteiger partial charge on any atom is 0.295 e. The molecule has 2 aliphatic heterocycles. The summed E-state index contributed by atoms with van der Waals surface area (Å²) in [5.41, 5.74) is 1.22. The molecule has 1 amide bonds. The van der Waals surface area contributed by atoms with E-state index >= 15 is 0 Å². The molecule has 180 valence electrons. The molecule has 2 saturated heterocycles. The second-order valence-corrected chi connectivity index (χ2v) is 8.18. The van der Waals surface area contributed by atoms with Crippen molar-refractivity contribution in [3.05, 3.63) is 65.2 Å². The van der Waals surface area contributed by atoms with Gasteiger partial charge >= 0.3 is 0 Å². The molecule has 0 aliphatic carbocycles. The monoisotopic (exact) mass is 466 g/mol. The summed E-state index contributed by atoms with van der Waals surface area (Å²) >= 11 is 0. The summed E-state index contributed by atoms with van der Waals surface area (Å²) in [6.45, 7) is 6.27. The van der Waals surface area contributed by atoms with Crippen LogP contribution in [0.5, 0.6) is 11.5 Å². The van der Waals surface area contributed by atoms with Crippen LogP contribution in [0, 0.1) is 0 Å². The topological polar surface area (TPSA) is 88.5 Å². The molecule has 1 atom stereocenters. The van der Waals surface area contributed by atoms with Gasteiger partial charge in [-0.25, -0.2) is 0 Å². The van der Waals surface area contributed by atoms with Gasteiger partial charge < -0.3 is 24.2 Å². The molecule has 2 aliphatic rings. The summed E-state index contributed by atoms with van der Waals surface area (Å²) in [6.07, 6.45) is 0. The van der Waals surface area contributed by atoms with Crippen molar-refractivity contribution in [2.45, 2.75) is 13.0 Å². The normalized spacial score (nSPS) is 20.5. The highest BCUT2D eigenvalue weighted by atomic mass is 16.5. The SMILES string of the molecule is CCOc1ccc(C2/C(=C(\O)c3cccc(OC)c3)C(=O)C(=O)N2CCN2CCOCC2)cc1. The van der Waals surface area contributed by atoms with Gasteiger partial charge in [0.25, 0.3) is 11.7 Å². The van der Waals surface area contributed by atoms with Crippen LogP contribution < -0.4 is 9.47 Å². The Kier molecular flexibility index (Phi) is 7.49. The highest BCUT2D eigenvalue weighted by Crippen LogP contribution is 2.40. The van der Waals surface area contributed by atoms with Crippen molar-refractivity contribution in [1.29, 1.82) is 0 Å². The Bertz CT molecular complexity index is 1060. The predicted octanol–water partition coefficient (Wildman–Crippen LogP) is 2.85. The van der Waals surface area contributed by atoms with Gasteiger partial charge in [0.2, 0.25) is 0 Å². The van der Waals surface area contributed by atoms with Crippen molar-refractivity contribution >= 4 is 17.4 Å². The molecule has 34 heavy (non-hydrogen) atoms. The Morgan fingerprint density at radius 3 is 2.47 bits per heavy atom. The van der Waals surface area contributed by atoms with Gasteiger partial charge in [-0.3, -0.25) is 14.5 Å². The Morgan fingerprint density at radius 2 is 1.79 bits per heavy atom. The fourth-order valence-corrected chi connectivity index (χ4v) is 4.37. The summed E-state index contributed by atoms with van der Waals surface area (Å²) < 4.78 is 16.2. The number of benzene rings is 2.